The van der Waals surface area contributed by atoms with Crippen LogP contribution < -0.4 is 5.32 Å². The summed E-state index contributed by atoms with van der Waals surface area (Å²) in [5.74, 6) is -1.42. The van der Waals surface area contributed by atoms with E-state index in [1.54, 1.807) is 6.92 Å². The van der Waals surface area contributed by atoms with Crippen LogP contribution in [0.25, 0.3) is 0 Å². The lowest BCUT2D eigenvalue weighted by Gasteiger charge is -2.13. The van der Waals surface area contributed by atoms with Crippen LogP contribution in [0, 0.1) is 0 Å². The first-order chi connectivity index (χ1) is 10.0. The van der Waals surface area contributed by atoms with Gasteiger partial charge in [0.15, 0.2) is 0 Å². The number of carbonyl (C=O) groups excluding carboxylic acids is 3. The number of carbonyl (C=O) groups is 3. The maximum Gasteiger partial charge on any atom is 0.331 e. The molecule has 0 aliphatic carbocycles. The van der Waals surface area contributed by atoms with Crippen molar-refractivity contribution in [3.8, 4) is 0 Å². The molecule has 1 rings (SSSR count). The van der Waals surface area contributed by atoms with Crippen molar-refractivity contribution in [2.45, 2.75) is 19.4 Å². The Hall–Kier alpha value is -2.09. The number of hydrogen-bond acceptors (Lipinski definition) is 6. The van der Waals surface area contributed by atoms with Crippen LogP contribution in [-0.2, 0) is 19.1 Å². The molecule has 0 aromatic carbocycles. The number of nitrogens with one attached hydrogen (secondary N) is 1. The fourth-order valence-corrected chi connectivity index (χ4v) is 1.51. The van der Waals surface area contributed by atoms with Crippen molar-refractivity contribution >= 4 is 18.0 Å². The fourth-order valence-electron chi connectivity index (χ4n) is 1.51. The highest BCUT2D eigenvalue weighted by atomic mass is 16.5. The minimum atomic E-state index is -0.724. The summed E-state index contributed by atoms with van der Waals surface area (Å²) in [6.07, 6.45) is 1.65. The van der Waals surface area contributed by atoms with E-state index in [4.69, 9.17) is 9.47 Å². The highest BCUT2D eigenvalue weighted by Crippen LogP contribution is 1.96. The number of aliphatic hydroxyl groups excluding tert-OH is 1. The maximum atomic E-state index is 11.3. The van der Waals surface area contributed by atoms with Crippen LogP contribution in [0.3, 0.4) is 0 Å². The van der Waals surface area contributed by atoms with Crippen LogP contribution in [0.2, 0.25) is 0 Å². The van der Waals surface area contributed by atoms with Gasteiger partial charge in [-0.3, -0.25) is 0 Å². The van der Waals surface area contributed by atoms with Gasteiger partial charge in [-0.15, -0.1) is 0 Å². The van der Waals surface area contributed by atoms with E-state index in [9.17, 15) is 19.5 Å². The van der Waals surface area contributed by atoms with Crippen molar-refractivity contribution in [1.29, 1.82) is 0 Å². The van der Waals surface area contributed by atoms with Gasteiger partial charge in [0.1, 0.15) is 13.2 Å². The zero-order valence-electron chi connectivity index (χ0n) is 11.9. The predicted octanol–water partition coefficient (Wildman–Crippen LogP) is -0.575. The van der Waals surface area contributed by atoms with Crippen molar-refractivity contribution in [2.24, 2.45) is 0 Å². The van der Waals surface area contributed by atoms with Gasteiger partial charge in [0.05, 0.1) is 12.6 Å². The molecule has 118 valence electrons. The van der Waals surface area contributed by atoms with Gasteiger partial charge in [0, 0.05) is 25.2 Å². The summed E-state index contributed by atoms with van der Waals surface area (Å²) < 4.78 is 9.55. The lowest BCUT2D eigenvalue weighted by Crippen LogP contribution is -2.31. The molecule has 0 saturated carbocycles. The molecule has 1 aliphatic heterocycles. The molecule has 0 spiro atoms. The molecule has 1 fully saturated rings. The molecule has 1 heterocycles. The van der Waals surface area contributed by atoms with Crippen LogP contribution in [0.1, 0.15) is 13.3 Å². The van der Waals surface area contributed by atoms with Gasteiger partial charge in [-0.1, -0.05) is 6.92 Å². The lowest BCUT2D eigenvalue weighted by molar-refractivity contribution is -0.142. The SMILES string of the molecule is CCC(O)COC(=O)C=CC(=O)OCCN1CCNC1=O. The van der Waals surface area contributed by atoms with E-state index in [1.807, 2.05) is 0 Å². The molecular weight excluding hydrogens is 280 g/mol. The van der Waals surface area contributed by atoms with Crippen molar-refractivity contribution in [3.63, 3.8) is 0 Å². The zero-order valence-corrected chi connectivity index (χ0v) is 11.9. The molecule has 8 heteroatoms. The highest BCUT2D eigenvalue weighted by molar-refractivity contribution is 5.91. The summed E-state index contributed by atoms with van der Waals surface area (Å²) in [7, 11) is 0. The summed E-state index contributed by atoms with van der Waals surface area (Å²) >= 11 is 0. The third-order valence-electron chi connectivity index (χ3n) is 2.80. The maximum absolute atomic E-state index is 11.3. The standard InChI is InChI=1S/C13H20N2O6/c1-2-10(16)9-21-12(18)4-3-11(17)20-8-7-15-6-5-14-13(15)19/h3-4,10,16H,2,5-9H2,1H3,(H,14,19). The van der Waals surface area contributed by atoms with Gasteiger partial charge in [0.25, 0.3) is 0 Å². The molecule has 0 aromatic heterocycles. The van der Waals surface area contributed by atoms with Gasteiger partial charge in [-0.05, 0) is 6.42 Å². The normalized spacial score (nSPS) is 15.9. The fraction of sp³-hybridized carbons (Fsp3) is 0.615. The van der Waals surface area contributed by atoms with Crippen molar-refractivity contribution in [2.75, 3.05) is 32.8 Å². The second-order valence-electron chi connectivity index (χ2n) is 4.41. The number of rotatable bonds is 8. The number of urea groups is 1. The molecule has 2 amide bonds. The average molecular weight is 300 g/mol. The highest BCUT2D eigenvalue weighted by Gasteiger charge is 2.18. The Morgan fingerprint density at radius 2 is 2.05 bits per heavy atom. The third kappa shape index (κ3) is 6.75. The minimum Gasteiger partial charge on any atom is -0.461 e. The largest absolute Gasteiger partial charge is 0.461 e. The Balaban J connectivity index is 2.15. The lowest BCUT2D eigenvalue weighted by atomic mass is 10.3. The number of amides is 2. The molecule has 21 heavy (non-hydrogen) atoms. The molecular formula is C13H20N2O6. The number of esters is 2. The first-order valence-corrected chi connectivity index (χ1v) is 6.75. The van der Waals surface area contributed by atoms with Gasteiger partial charge < -0.3 is 24.8 Å². The van der Waals surface area contributed by atoms with Crippen LogP contribution in [0.5, 0.6) is 0 Å². The van der Waals surface area contributed by atoms with E-state index in [1.165, 1.54) is 4.90 Å². The first kappa shape index (κ1) is 17.0. The van der Waals surface area contributed by atoms with Crippen LogP contribution in [-0.4, -0.2) is 66.9 Å². The smallest absolute Gasteiger partial charge is 0.331 e. The van der Waals surface area contributed by atoms with E-state index < -0.39 is 18.0 Å². The summed E-state index contributed by atoms with van der Waals surface area (Å²) in [5, 5.41) is 11.8. The molecule has 0 bridgehead atoms. The Kier molecular flexibility index (Phi) is 7.24. The van der Waals surface area contributed by atoms with Gasteiger partial charge in [0.2, 0.25) is 0 Å². The molecule has 8 nitrogen and oxygen atoms in total. The van der Waals surface area contributed by atoms with Crippen LogP contribution in [0.4, 0.5) is 4.79 Å². The van der Waals surface area contributed by atoms with Crippen molar-refractivity contribution in [3.05, 3.63) is 12.2 Å². The molecule has 2 N–H and O–H groups in total. The Morgan fingerprint density at radius 1 is 1.38 bits per heavy atom. The topological polar surface area (TPSA) is 105 Å². The van der Waals surface area contributed by atoms with E-state index in [2.05, 4.69) is 5.32 Å². The zero-order chi connectivity index (χ0) is 15.7. The van der Waals surface area contributed by atoms with Crippen LogP contribution in [0.15, 0.2) is 12.2 Å². The molecule has 1 saturated heterocycles. The monoisotopic (exact) mass is 300 g/mol. The van der Waals surface area contributed by atoms with Gasteiger partial charge >= 0.3 is 18.0 Å². The van der Waals surface area contributed by atoms with E-state index >= 15 is 0 Å². The number of aliphatic hydroxyl groups is 1. The van der Waals surface area contributed by atoms with Crippen LogP contribution >= 0.6 is 0 Å². The van der Waals surface area contributed by atoms with Gasteiger partial charge in [-0.2, -0.15) is 0 Å². The number of ether oxygens (including phenoxy) is 2. The van der Waals surface area contributed by atoms with E-state index in [0.29, 0.717) is 26.1 Å². The summed E-state index contributed by atoms with van der Waals surface area (Å²) in [6.45, 7) is 3.17. The third-order valence-corrected chi connectivity index (χ3v) is 2.80. The van der Waals surface area contributed by atoms with E-state index in [-0.39, 0.29) is 19.2 Å². The number of nitrogens with zero attached hydrogens (tertiary/aromatic N) is 1. The molecule has 1 atom stereocenters. The Labute approximate surface area is 122 Å². The van der Waals surface area contributed by atoms with E-state index in [0.717, 1.165) is 12.2 Å². The molecule has 0 aromatic rings. The second-order valence-corrected chi connectivity index (χ2v) is 4.41. The molecule has 1 aliphatic rings. The van der Waals surface area contributed by atoms with Gasteiger partial charge in [-0.25, -0.2) is 14.4 Å². The number of hydrogen-bond donors (Lipinski definition) is 2. The second kappa shape index (κ2) is 8.96. The molecule has 1 unspecified atom stereocenters. The minimum absolute atomic E-state index is 0.0557. The first-order valence-electron chi connectivity index (χ1n) is 6.75. The Morgan fingerprint density at radius 3 is 2.62 bits per heavy atom. The summed E-state index contributed by atoms with van der Waals surface area (Å²) in [4.78, 5) is 35.2. The van der Waals surface area contributed by atoms with Crippen molar-refractivity contribution in [1.82, 2.24) is 10.2 Å². The summed E-state index contributed by atoms with van der Waals surface area (Å²) in [6, 6.07) is -0.181. The average Bonchev–Trinajstić information content (AvgIpc) is 2.88. The Bertz CT molecular complexity index is 409. The predicted molar refractivity (Wildman–Crippen MR) is 72.3 cm³/mol. The molecule has 0 radical (unpaired) electrons. The quantitative estimate of drug-likeness (QED) is 0.459. The van der Waals surface area contributed by atoms with Crippen molar-refractivity contribution < 1.29 is 29.0 Å². The summed E-state index contributed by atoms with van der Waals surface area (Å²) in [5.41, 5.74) is 0.